The van der Waals surface area contributed by atoms with Gasteiger partial charge in [-0.25, -0.2) is 13.6 Å². The van der Waals surface area contributed by atoms with Gasteiger partial charge in [0, 0.05) is 11.9 Å². The van der Waals surface area contributed by atoms with E-state index in [-0.39, 0.29) is 5.75 Å². The van der Waals surface area contributed by atoms with Crippen molar-refractivity contribution in [3.8, 4) is 0 Å². The van der Waals surface area contributed by atoms with Crippen molar-refractivity contribution in [1.82, 2.24) is 14.9 Å². The summed E-state index contributed by atoms with van der Waals surface area (Å²) >= 11 is 1.29. The highest BCUT2D eigenvalue weighted by Gasteiger charge is 2.01. The number of nitrogens with two attached hydrogens (primary N) is 1. The summed E-state index contributed by atoms with van der Waals surface area (Å²) in [7, 11) is -3.32. The molecule has 0 saturated carbocycles. The maximum Gasteiger partial charge on any atom is 0.209 e. The Hall–Kier alpha value is -0.570. The molecule has 6 nitrogen and oxygen atoms in total. The van der Waals surface area contributed by atoms with Gasteiger partial charge in [0.2, 0.25) is 10.0 Å². The van der Waals surface area contributed by atoms with Gasteiger partial charge in [0.25, 0.3) is 0 Å². The molecule has 0 saturated heterocycles. The molecular weight excluding hydrogens is 224 g/mol. The zero-order valence-electron chi connectivity index (χ0n) is 7.51. The highest BCUT2D eigenvalue weighted by molar-refractivity contribution is 7.89. The molecule has 1 rings (SSSR count). The van der Waals surface area contributed by atoms with E-state index in [4.69, 9.17) is 5.14 Å². The molecule has 1 aromatic heterocycles. The lowest BCUT2D eigenvalue weighted by molar-refractivity contribution is 0.589. The molecule has 0 aliphatic heterocycles. The van der Waals surface area contributed by atoms with E-state index in [1.165, 1.54) is 11.5 Å². The second-order valence-electron chi connectivity index (χ2n) is 2.79. The highest BCUT2D eigenvalue weighted by Crippen LogP contribution is 1.95. The van der Waals surface area contributed by atoms with E-state index in [2.05, 4.69) is 14.9 Å². The van der Waals surface area contributed by atoms with Gasteiger partial charge in [-0.3, -0.25) is 0 Å². The Morgan fingerprint density at radius 2 is 2.36 bits per heavy atom. The van der Waals surface area contributed by atoms with Crippen LogP contribution in [0.3, 0.4) is 0 Å². The third-order valence-corrected chi connectivity index (χ3v) is 2.90. The summed E-state index contributed by atoms with van der Waals surface area (Å²) in [5, 5.41) is 13.5. The zero-order chi connectivity index (χ0) is 10.4. The number of hydrogen-bond acceptors (Lipinski definition) is 6. The molecule has 14 heavy (non-hydrogen) atoms. The van der Waals surface area contributed by atoms with Crippen LogP contribution >= 0.6 is 11.5 Å². The number of rotatable bonds is 6. The maximum atomic E-state index is 10.6. The van der Waals surface area contributed by atoms with E-state index in [9.17, 15) is 8.42 Å². The van der Waals surface area contributed by atoms with Crippen molar-refractivity contribution in [2.24, 2.45) is 5.14 Å². The van der Waals surface area contributed by atoms with E-state index in [1.807, 2.05) is 5.38 Å². The fourth-order valence-electron chi connectivity index (χ4n) is 0.876. The monoisotopic (exact) mass is 236 g/mol. The van der Waals surface area contributed by atoms with Gasteiger partial charge in [0.05, 0.1) is 11.4 Å². The molecule has 0 atom stereocenters. The SMILES string of the molecule is NS(=O)(=O)CCCNCc1csnn1. The van der Waals surface area contributed by atoms with Crippen LogP contribution in [0.15, 0.2) is 5.38 Å². The predicted octanol–water partition coefficient (Wildman–Crippen LogP) is -0.694. The van der Waals surface area contributed by atoms with Crippen molar-refractivity contribution in [1.29, 1.82) is 0 Å². The van der Waals surface area contributed by atoms with Gasteiger partial charge in [-0.05, 0) is 24.5 Å². The molecule has 3 N–H and O–H groups in total. The van der Waals surface area contributed by atoms with Gasteiger partial charge >= 0.3 is 0 Å². The van der Waals surface area contributed by atoms with Crippen LogP contribution in [0, 0.1) is 0 Å². The van der Waals surface area contributed by atoms with Crippen LogP contribution in [0.2, 0.25) is 0 Å². The summed E-state index contributed by atoms with van der Waals surface area (Å²) in [6.07, 6.45) is 0.510. The largest absolute Gasteiger partial charge is 0.311 e. The Balaban J connectivity index is 2.06. The molecule has 0 unspecified atom stereocenters. The number of hydrogen-bond donors (Lipinski definition) is 2. The summed E-state index contributed by atoms with van der Waals surface area (Å²) in [6, 6.07) is 0. The fourth-order valence-corrected chi connectivity index (χ4v) is 1.87. The molecule has 0 aliphatic carbocycles. The van der Waals surface area contributed by atoms with Crippen LogP contribution in [0.5, 0.6) is 0 Å². The Morgan fingerprint density at radius 3 is 2.93 bits per heavy atom. The second kappa shape index (κ2) is 5.35. The summed E-state index contributed by atoms with van der Waals surface area (Å²) in [4.78, 5) is 0. The fraction of sp³-hybridized carbons (Fsp3) is 0.667. The smallest absolute Gasteiger partial charge is 0.209 e. The van der Waals surface area contributed by atoms with E-state index in [0.29, 0.717) is 19.5 Å². The van der Waals surface area contributed by atoms with Crippen molar-refractivity contribution in [3.63, 3.8) is 0 Å². The van der Waals surface area contributed by atoms with Crippen LogP contribution in [-0.4, -0.2) is 30.3 Å². The number of nitrogens with one attached hydrogen (secondary N) is 1. The van der Waals surface area contributed by atoms with Crippen molar-refractivity contribution < 1.29 is 8.42 Å². The Bertz CT molecular complexity index is 348. The molecule has 1 aromatic rings. The highest BCUT2D eigenvalue weighted by atomic mass is 32.2. The summed E-state index contributed by atoms with van der Waals surface area (Å²) in [6.45, 7) is 1.22. The van der Waals surface area contributed by atoms with Gasteiger partial charge in [-0.1, -0.05) is 4.49 Å². The first kappa shape index (κ1) is 11.5. The first-order valence-electron chi connectivity index (χ1n) is 4.05. The normalized spacial score (nSPS) is 11.8. The van der Waals surface area contributed by atoms with Crippen molar-refractivity contribution in [3.05, 3.63) is 11.1 Å². The number of nitrogens with zero attached hydrogens (tertiary/aromatic N) is 2. The van der Waals surface area contributed by atoms with Crippen LogP contribution in [0.4, 0.5) is 0 Å². The molecule has 0 spiro atoms. The standard InChI is InChI=1S/C6H12N4O2S2/c7-14(11,12)3-1-2-8-4-6-5-13-10-9-6/h5,8H,1-4H2,(H2,7,11,12). The topological polar surface area (TPSA) is 98.0 Å². The van der Waals surface area contributed by atoms with E-state index >= 15 is 0 Å². The molecule has 0 amide bonds. The average Bonchev–Trinajstić information content (AvgIpc) is 2.54. The third kappa shape index (κ3) is 5.22. The predicted molar refractivity (Wildman–Crippen MR) is 54.2 cm³/mol. The molecule has 1 heterocycles. The Kier molecular flexibility index (Phi) is 4.39. The minimum atomic E-state index is -3.32. The molecular formula is C6H12N4O2S2. The average molecular weight is 236 g/mol. The first-order chi connectivity index (χ1) is 6.58. The lowest BCUT2D eigenvalue weighted by Gasteiger charge is -2.00. The van der Waals surface area contributed by atoms with Gasteiger partial charge in [-0.2, -0.15) is 0 Å². The van der Waals surface area contributed by atoms with Crippen LogP contribution in [-0.2, 0) is 16.6 Å². The second-order valence-corrected chi connectivity index (χ2v) is 5.14. The van der Waals surface area contributed by atoms with E-state index < -0.39 is 10.0 Å². The van der Waals surface area contributed by atoms with Gasteiger partial charge < -0.3 is 5.32 Å². The van der Waals surface area contributed by atoms with Gasteiger partial charge in [0.15, 0.2) is 0 Å². The molecule has 0 bridgehead atoms. The molecule has 0 radical (unpaired) electrons. The molecule has 0 aliphatic rings. The van der Waals surface area contributed by atoms with Crippen LogP contribution < -0.4 is 10.5 Å². The lowest BCUT2D eigenvalue weighted by Crippen LogP contribution is -2.22. The van der Waals surface area contributed by atoms with Gasteiger partial charge in [0.1, 0.15) is 0 Å². The Morgan fingerprint density at radius 1 is 1.57 bits per heavy atom. The van der Waals surface area contributed by atoms with E-state index in [1.54, 1.807) is 0 Å². The van der Waals surface area contributed by atoms with E-state index in [0.717, 1.165) is 5.69 Å². The minimum Gasteiger partial charge on any atom is -0.311 e. The van der Waals surface area contributed by atoms with Crippen molar-refractivity contribution in [2.75, 3.05) is 12.3 Å². The lowest BCUT2D eigenvalue weighted by atomic mass is 10.4. The van der Waals surface area contributed by atoms with Crippen molar-refractivity contribution in [2.45, 2.75) is 13.0 Å². The number of primary sulfonamides is 1. The number of sulfonamides is 1. The minimum absolute atomic E-state index is 0.00924. The summed E-state index contributed by atoms with van der Waals surface area (Å²) in [5.74, 6) is 0.00924. The molecule has 80 valence electrons. The van der Waals surface area contributed by atoms with Crippen LogP contribution in [0.1, 0.15) is 12.1 Å². The Labute approximate surface area is 86.7 Å². The summed E-state index contributed by atoms with van der Waals surface area (Å²) in [5.41, 5.74) is 0.866. The number of aromatic nitrogens is 2. The maximum absolute atomic E-state index is 10.6. The van der Waals surface area contributed by atoms with Gasteiger partial charge in [-0.15, -0.1) is 5.10 Å². The first-order valence-corrected chi connectivity index (χ1v) is 6.60. The van der Waals surface area contributed by atoms with Crippen LogP contribution in [0.25, 0.3) is 0 Å². The molecule has 8 heteroatoms. The molecule has 0 aromatic carbocycles. The zero-order valence-corrected chi connectivity index (χ0v) is 9.14. The summed E-state index contributed by atoms with van der Waals surface area (Å²) < 4.78 is 24.8. The molecule has 0 fully saturated rings. The van der Waals surface area contributed by atoms with Crippen molar-refractivity contribution >= 4 is 21.6 Å². The quantitative estimate of drug-likeness (QED) is 0.637. The third-order valence-electron chi connectivity index (χ3n) is 1.49.